The van der Waals surface area contributed by atoms with Gasteiger partial charge in [-0.25, -0.2) is 26.9 Å². The minimum Gasteiger partial charge on any atom is -0.243 e. The van der Waals surface area contributed by atoms with Crippen LogP contribution in [0.1, 0.15) is 50.7 Å². The van der Waals surface area contributed by atoms with Crippen LogP contribution in [0.3, 0.4) is 0 Å². The van der Waals surface area contributed by atoms with Crippen LogP contribution in [0.25, 0.3) is 11.1 Å². The molecule has 0 bridgehead atoms. The van der Waals surface area contributed by atoms with Gasteiger partial charge in [0.25, 0.3) is 0 Å². The van der Waals surface area contributed by atoms with Gasteiger partial charge in [0.1, 0.15) is 5.67 Å². The molecule has 8 heteroatoms. The van der Waals surface area contributed by atoms with E-state index in [9.17, 15) is 17.0 Å². The van der Waals surface area contributed by atoms with Crippen LogP contribution in [-0.4, -0.2) is 30.7 Å². The first-order chi connectivity index (χ1) is 14.5. The van der Waals surface area contributed by atoms with Crippen LogP contribution in [0.15, 0.2) is 48.5 Å². The molecule has 0 amide bonds. The fraction of sp³-hybridized carbons (Fsp3) is 0.478. The van der Waals surface area contributed by atoms with Crippen LogP contribution in [0.2, 0.25) is 0 Å². The van der Waals surface area contributed by atoms with Crippen LogP contribution in [0, 0.1) is 0 Å². The molecule has 1 fully saturated rings. The zero-order valence-corrected chi connectivity index (χ0v) is 20.1. The van der Waals surface area contributed by atoms with Crippen molar-refractivity contribution in [2.75, 3.05) is 12.8 Å². The molecule has 0 heterocycles. The minimum atomic E-state index is -3.24. The molecule has 1 unspecified atom stereocenters. The summed E-state index contributed by atoms with van der Waals surface area (Å²) in [5.41, 5.74) is 3.16. The summed E-state index contributed by atoms with van der Waals surface area (Å²) in [5, 5.41) is 4.20. The predicted molar refractivity (Wildman–Crippen MR) is 127 cm³/mol. The molecule has 1 saturated carbocycles. The molecule has 0 saturated heterocycles. The third-order valence-corrected chi connectivity index (χ3v) is 7.39. The van der Waals surface area contributed by atoms with Crippen LogP contribution in [0.4, 0.5) is 4.39 Å². The molecule has 1 atom stereocenters. The van der Waals surface area contributed by atoms with E-state index < -0.39 is 31.9 Å². The van der Waals surface area contributed by atoms with E-state index in [1.807, 2.05) is 24.3 Å². The quantitative estimate of drug-likeness (QED) is 0.638. The maximum absolute atomic E-state index is 14.8. The van der Waals surface area contributed by atoms with Gasteiger partial charge < -0.3 is 0 Å². The number of benzene rings is 2. The summed E-state index contributed by atoms with van der Waals surface area (Å²) in [6.07, 6.45) is 5.76. The van der Waals surface area contributed by atoms with Crippen molar-refractivity contribution in [3.63, 3.8) is 0 Å². The molecule has 3 N–H and O–H groups in total. The van der Waals surface area contributed by atoms with Crippen molar-refractivity contribution >= 4 is 21.0 Å². The minimum absolute atomic E-state index is 0.451. The van der Waals surface area contributed by atoms with E-state index in [1.54, 1.807) is 6.26 Å². The zero-order chi connectivity index (χ0) is 23.1. The number of rotatable bonds is 7. The molecular formula is C23H33FN2O3S2. The van der Waals surface area contributed by atoms with E-state index >= 15 is 0 Å². The number of nitrogens with one attached hydrogen (secondary N) is 1. The van der Waals surface area contributed by atoms with Crippen LogP contribution >= 0.6 is 0 Å². The van der Waals surface area contributed by atoms with Gasteiger partial charge in [-0.3, -0.25) is 0 Å². The summed E-state index contributed by atoms with van der Waals surface area (Å²) >= 11 is 0. The number of sulfonamides is 1. The first kappa shape index (κ1) is 25.6. The van der Waals surface area contributed by atoms with Gasteiger partial charge in [-0.05, 0) is 68.2 Å². The third-order valence-electron chi connectivity index (χ3n) is 5.46. The van der Waals surface area contributed by atoms with E-state index in [0.717, 1.165) is 36.0 Å². The summed E-state index contributed by atoms with van der Waals surface area (Å²) in [6.45, 7) is 3.78. The highest BCUT2D eigenvalue weighted by atomic mass is 32.2. The summed E-state index contributed by atoms with van der Waals surface area (Å²) in [5.74, 6) is 0. The SMILES string of the molecule is CC(C)S(N)(=O)=O.CS(=O)NCCc1ccc(-c2ccc(C3(F)CCCC3)cc2)cc1. The predicted octanol–water partition coefficient (Wildman–Crippen LogP) is 4.20. The Morgan fingerprint density at radius 3 is 1.90 bits per heavy atom. The standard InChI is InChI=1S/C20H24FNOS.C3H9NO2S/c1-24(23)22-15-12-16-4-6-17(7-5-16)18-8-10-19(11-9-18)20(21)13-2-3-14-20;1-3(2)7(4,5)6/h4-11,22H,2-3,12-15H2,1H3;3H,1-2H3,(H2,4,5,6). The Labute approximate surface area is 188 Å². The van der Waals surface area contributed by atoms with Crippen molar-refractivity contribution < 1.29 is 17.0 Å². The van der Waals surface area contributed by atoms with Gasteiger partial charge in [-0.2, -0.15) is 0 Å². The van der Waals surface area contributed by atoms with E-state index in [-0.39, 0.29) is 0 Å². The van der Waals surface area contributed by atoms with Gasteiger partial charge in [-0.1, -0.05) is 48.5 Å². The van der Waals surface area contributed by atoms with E-state index in [2.05, 4.69) is 34.1 Å². The molecule has 2 aromatic rings. The molecule has 2 aromatic carbocycles. The Bertz CT molecular complexity index is 953. The number of primary sulfonamides is 1. The molecule has 1 aliphatic carbocycles. The maximum Gasteiger partial charge on any atom is 0.211 e. The lowest BCUT2D eigenvalue weighted by molar-refractivity contribution is 0.175. The highest BCUT2D eigenvalue weighted by molar-refractivity contribution is 7.89. The Morgan fingerprint density at radius 1 is 1.03 bits per heavy atom. The van der Waals surface area contributed by atoms with E-state index in [4.69, 9.17) is 0 Å². The van der Waals surface area contributed by atoms with Crippen molar-refractivity contribution in [1.29, 1.82) is 0 Å². The summed E-state index contributed by atoms with van der Waals surface area (Å²) in [7, 11) is -4.20. The third kappa shape index (κ3) is 8.11. The van der Waals surface area contributed by atoms with Gasteiger partial charge in [0.05, 0.1) is 16.2 Å². The van der Waals surface area contributed by atoms with Crippen molar-refractivity contribution in [2.24, 2.45) is 5.14 Å². The Morgan fingerprint density at radius 2 is 1.48 bits per heavy atom. The van der Waals surface area contributed by atoms with Crippen molar-refractivity contribution in [1.82, 2.24) is 4.72 Å². The smallest absolute Gasteiger partial charge is 0.211 e. The molecule has 0 radical (unpaired) electrons. The first-order valence-corrected chi connectivity index (χ1v) is 13.7. The second-order valence-electron chi connectivity index (χ2n) is 8.18. The zero-order valence-electron chi connectivity index (χ0n) is 18.4. The van der Waals surface area contributed by atoms with Gasteiger partial charge in [-0.15, -0.1) is 0 Å². The van der Waals surface area contributed by atoms with Gasteiger partial charge in [0.15, 0.2) is 0 Å². The number of hydrogen-bond donors (Lipinski definition) is 2. The number of hydrogen-bond acceptors (Lipinski definition) is 3. The Balaban J connectivity index is 0.000000423. The van der Waals surface area contributed by atoms with Crippen molar-refractivity contribution in [3.8, 4) is 11.1 Å². The first-order valence-electron chi connectivity index (χ1n) is 10.5. The van der Waals surface area contributed by atoms with Gasteiger partial charge in [0, 0.05) is 12.8 Å². The highest BCUT2D eigenvalue weighted by Gasteiger charge is 2.35. The molecule has 0 spiro atoms. The van der Waals surface area contributed by atoms with Crippen LogP contribution < -0.4 is 9.86 Å². The summed E-state index contributed by atoms with van der Waals surface area (Å²) in [4.78, 5) is 0. The lowest BCUT2D eigenvalue weighted by atomic mass is 9.92. The molecule has 1 aliphatic rings. The normalized spacial score (nSPS) is 16.6. The molecule has 0 aliphatic heterocycles. The average molecular weight is 469 g/mol. The number of halogens is 1. The van der Waals surface area contributed by atoms with Crippen molar-refractivity contribution in [2.45, 2.75) is 56.9 Å². The van der Waals surface area contributed by atoms with E-state index in [0.29, 0.717) is 19.4 Å². The van der Waals surface area contributed by atoms with Gasteiger partial charge in [0.2, 0.25) is 10.0 Å². The Kier molecular flexibility index (Phi) is 9.36. The lowest BCUT2D eigenvalue weighted by Gasteiger charge is -2.19. The molecule has 31 heavy (non-hydrogen) atoms. The fourth-order valence-electron chi connectivity index (χ4n) is 3.39. The molecule has 5 nitrogen and oxygen atoms in total. The highest BCUT2D eigenvalue weighted by Crippen LogP contribution is 2.42. The topological polar surface area (TPSA) is 89.3 Å². The monoisotopic (exact) mass is 468 g/mol. The van der Waals surface area contributed by atoms with E-state index in [1.165, 1.54) is 19.4 Å². The molecule has 3 rings (SSSR count). The van der Waals surface area contributed by atoms with Crippen molar-refractivity contribution in [3.05, 3.63) is 59.7 Å². The van der Waals surface area contributed by atoms with Crippen LogP contribution in [0.5, 0.6) is 0 Å². The van der Waals surface area contributed by atoms with Crippen LogP contribution in [-0.2, 0) is 33.1 Å². The average Bonchev–Trinajstić information content (AvgIpc) is 3.16. The summed E-state index contributed by atoms with van der Waals surface area (Å²) in [6, 6.07) is 16.3. The Hall–Kier alpha value is -1.61. The summed E-state index contributed by atoms with van der Waals surface area (Å²) < 4.78 is 48.9. The molecular weight excluding hydrogens is 435 g/mol. The van der Waals surface area contributed by atoms with Gasteiger partial charge >= 0.3 is 0 Å². The lowest BCUT2D eigenvalue weighted by Crippen LogP contribution is -2.22. The second-order valence-corrected chi connectivity index (χ2v) is 11.5. The number of alkyl halides is 1. The second kappa shape index (κ2) is 11.3. The molecule has 172 valence electrons. The molecule has 0 aromatic heterocycles. The number of nitrogens with two attached hydrogens (primary N) is 1. The fourth-order valence-corrected chi connectivity index (χ4v) is 3.78. The maximum atomic E-state index is 14.8. The largest absolute Gasteiger partial charge is 0.243 e.